The summed E-state index contributed by atoms with van der Waals surface area (Å²) in [7, 11) is 1.32. The zero-order valence-electron chi connectivity index (χ0n) is 10.8. The quantitative estimate of drug-likeness (QED) is 0.753. The van der Waals surface area contributed by atoms with Crippen molar-refractivity contribution in [3.05, 3.63) is 29.8 Å². The summed E-state index contributed by atoms with van der Waals surface area (Å²) in [5, 5.41) is 8.89. The lowest BCUT2D eigenvalue weighted by atomic mass is 10.0. The van der Waals surface area contributed by atoms with E-state index in [1.807, 2.05) is 13.0 Å². The van der Waals surface area contributed by atoms with Gasteiger partial charge >= 0.3 is 5.97 Å². The Morgan fingerprint density at radius 2 is 2.26 bits per heavy atom. The van der Waals surface area contributed by atoms with Crippen LogP contribution in [0.1, 0.15) is 18.9 Å². The van der Waals surface area contributed by atoms with Gasteiger partial charge in [0.2, 0.25) is 5.91 Å². The zero-order chi connectivity index (χ0) is 14.0. The van der Waals surface area contributed by atoms with Crippen molar-refractivity contribution < 1.29 is 14.3 Å². The van der Waals surface area contributed by atoms with Crippen LogP contribution in [0, 0.1) is 17.2 Å². The Labute approximate surface area is 111 Å². The molecule has 1 aromatic carbocycles. The van der Waals surface area contributed by atoms with Crippen LogP contribution >= 0.6 is 0 Å². The fourth-order valence-electron chi connectivity index (χ4n) is 2.40. The largest absolute Gasteiger partial charge is 0.469 e. The average molecular weight is 258 g/mol. The van der Waals surface area contributed by atoms with Crippen LogP contribution in [0.5, 0.6) is 0 Å². The number of carbonyl (C=O) groups is 2. The molecule has 1 aliphatic heterocycles. The maximum atomic E-state index is 12.1. The molecule has 1 aliphatic rings. The SMILES string of the molecule is COC(=O)C1CC(=O)N(c2cccc(C#N)c2)C1C. The second-order valence-electron chi connectivity index (χ2n) is 4.50. The van der Waals surface area contributed by atoms with Gasteiger partial charge in [0, 0.05) is 18.2 Å². The molecule has 5 heteroatoms. The summed E-state index contributed by atoms with van der Waals surface area (Å²) in [6, 6.07) is 8.57. The summed E-state index contributed by atoms with van der Waals surface area (Å²) in [5.41, 5.74) is 1.13. The van der Waals surface area contributed by atoms with E-state index in [1.165, 1.54) is 7.11 Å². The van der Waals surface area contributed by atoms with E-state index < -0.39 is 5.92 Å². The molecule has 1 aromatic rings. The van der Waals surface area contributed by atoms with E-state index in [-0.39, 0.29) is 24.3 Å². The van der Waals surface area contributed by atoms with Crippen LogP contribution in [0.25, 0.3) is 0 Å². The first-order valence-corrected chi connectivity index (χ1v) is 5.98. The highest BCUT2D eigenvalue weighted by atomic mass is 16.5. The van der Waals surface area contributed by atoms with E-state index in [9.17, 15) is 9.59 Å². The molecule has 0 aromatic heterocycles. The number of nitriles is 1. The fourth-order valence-corrected chi connectivity index (χ4v) is 2.40. The van der Waals surface area contributed by atoms with Gasteiger partial charge in [-0.05, 0) is 25.1 Å². The van der Waals surface area contributed by atoms with Crippen molar-refractivity contribution in [2.45, 2.75) is 19.4 Å². The van der Waals surface area contributed by atoms with Crippen molar-refractivity contribution in [2.24, 2.45) is 5.92 Å². The molecular formula is C14H14N2O3. The summed E-state index contributed by atoms with van der Waals surface area (Å²) in [4.78, 5) is 25.2. The maximum Gasteiger partial charge on any atom is 0.311 e. The smallest absolute Gasteiger partial charge is 0.311 e. The highest BCUT2D eigenvalue weighted by molar-refractivity contribution is 6.00. The lowest BCUT2D eigenvalue weighted by molar-refractivity contribution is -0.146. The van der Waals surface area contributed by atoms with Gasteiger partial charge < -0.3 is 9.64 Å². The third kappa shape index (κ3) is 2.29. The van der Waals surface area contributed by atoms with Gasteiger partial charge in [0.1, 0.15) is 0 Å². The molecule has 19 heavy (non-hydrogen) atoms. The first-order chi connectivity index (χ1) is 9.08. The minimum atomic E-state index is -0.455. The molecule has 1 amide bonds. The first-order valence-electron chi connectivity index (χ1n) is 5.98. The Balaban J connectivity index is 2.32. The first kappa shape index (κ1) is 13.1. The van der Waals surface area contributed by atoms with Crippen LogP contribution in [-0.2, 0) is 14.3 Å². The minimum Gasteiger partial charge on any atom is -0.469 e. The standard InChI is InChI=1S/C14H14N2O3/c1-9-12(14(18)19-2)7-13(17)16(9)11-5-3-4-10(6-11)8-15/h3-6,9,12H,7H2,1-2H3. The number of hydrogen-bond donors (Lipinski definition) is 0. The van der Waals surface area contributed by atoms with E-state index in [2.05, 4.69) is 0 Å². The molecule has 0 radical (unpaired) electrons. The van der Waals surface area contributed by atoms with E-state index in [4.69, 9.17) is 10.00 Å². The van der Waals surface area contributed by atoms with Crippen LogP contribution in [-0.4, -0.2) is 25.0 Å². The van der Waals surface area contributed by atoms with Gasteiger partial charge in [-0.25, -0.2) is 0 Å². The number of benzene rings is 1. The molecule has 0 bridgehead atoms. The Bertz CT molecular complexity index is 562. The summed E-state index contributed by atoms with van der Waals surface area (Å²) >= 11 is 0. The second kappa shape index (κ2) is 5.11. The van der Waals surface area contributed by atoms with E-state index in [0.717, 1.165) is 0 Å². The molecule has 0 saturated carbocycles. The number of carbonyl (C=O) groups excluding carboxylic acids is 2. The van der Waals surface area contributed by atoms with E-state index >= 15 is 0 Å². The molecule has 2 atom stereocenters. The maximum absolute atomic E-state index is 12.1. The molecule has 1 saturated heterocycles. The predicted octanol–water partition coefficient (Wildman–Crippen LogP) is 1.47. The zero-order valence-corrected chi connectivity index (χ0v) is 10.8. The summed E-state index contributed by atoms with van der Waals surface area (Å²) in [5.74, 6) is -0.957. The summed E-state index contributed by atoms with van der Waals surface area (Å²) in [6.45, 7) is 1.81. The van der Waals surface area contributed by atoms with Crippen LogP contribution in [0.4, 0.5) is 5.69 Å². The highest BCUT2D eigenvalue weighted by Crippen LogP contribution is 2.31. The van der Waals surface area contributed by atoms with Gasteiger partial charge in [0.05, 0.1) is 24.7 Å². The molecule has 1 heterocycles. The molecule has 5 nitrogen and oxygen atoms in total. The van der Waals surface area contributed by atoms with Crippen molar-refractivity contribution >= 4 is 17.6 Å². The van der Waals surface area contributed by atoms with Gasteiger partial charge in [-0.3, -0.25) is 9.59 Å². The third-order valence-electron chi connectivity index (χ3n) is 3.41. The second-order valence-corrected chi connectivity index (χ2v) is 4.50. The van der Waals surface area contributed by atoms with Gasteiger partial charge in [-0.15, -0.1) is 0 Å². The van der Waals surface area contributed by atoms with Crippen molar-refractivity contribution in [2.75, 3.05) is 12.0 Å². The molecule has 0 spiro atoms. The Kier molecular flexibility index (Phi) is 3.52. The minimum absolute atomic E-state index is 0.127. The lowest BCUT2D eigenvalue weighted by Gasteiger charge is -2.24. The number of methoxy groups -OCH3 is 1. The van der Waals surface area contributed by atoms with Crippen LogP contribution in [0.3, 0.4) is 0 Å². The Hall–Kier alpha value is -2.35. The number of ether oxygens (including phenoxy) is 1. The molecular weight excluding hydrogens is 244 g/mol. The monoisotopic (exact) mass is 258 g/mol. The lowest BCUT2D eigenvalue weighted by Crippen LogP contribution is -2.35. The van der Waals surface area contributed by atoms with Crippen molar-refractivity contribution in [3.63, 3.8) is 0 Å². The fraction of sp³-hybridized carbons (Fsp3) is 0.357. The van der Waals surface area contributed by atoms with E-state index in [1.54, 1.807) is 29.2 Å². The average Bonchev–Trinajstić information content (AvgIpc) is 2.73. The number of rotatable bonds is 2. The van der Waals surface area contributed by atoms with Crippen molar-refractivity contribution in [1.82, 2.24) is 0 Å². The number of anilines is 1. The Morgan fingerprint density at radius 1 is 1.53 bits per heavy atom. The number of esters is 1. The van der Waals surface area contributed by atoms with Crippen molar-refractivity contribution in [1.29, 1.82) is 5.26 Å². The molecule has 1 fully saturated rings. The number of hydrogen-bond acceptors (Lipinski definition) is 4. The van der Waals surface area contributed by atoms with Crippen LogP contribution in [0.15, 0.2) is 24.3 Å². The van der Waals surface area contributed by atoms with E-state index in [0.29, 0.717) is 11.3 Å². The number of nitrogens with zero attached hydrogens (tertiary/aromatic N) is 2. The molecule has 2 unspecified atom stereocenters. The van der Waals surface area contributed by atoms with Crippen LogP contribution in [0.2, 0.25) is 0 Å². The number of amides is 1. The molecule has 98 valence electrons. The van der Waals surface area contributed by atoms with Crippen molar-refractivity contribution in [3.8, 4) is 6.07 Å². The molecule has 0 N–H and O–H groups in total. The molecule has 0 aliphatic carbocycles. The Morgan fingerprint density at radius 3 is 2.89 bits per heavy atom. The van der Waals surface area contributed by atoms with Crippen LogP contribution < -0.4 is 4.90 Å². The highest BCUT2D eigenvalue weighted by Gasteiger charge is 2.42. The van der Waals surface area contributed by atoms with Gasteiger partial charge in [-0.2, -0.15) is 5.26 Å². The summed E-state index contributed by atoms with van der Waals surface area (Å²) < 4.78 is 4.71. The predicted molar refractivity (Wildman–Crippen MR) is 68.2 cm³/mol. The normalized spacial score (nSPS) is 22.2. The molecule has 2 rings (SSSR count). The van der Waals surface area contributed by atoms with Gasteiger partial charge in [-0.1, -0.05) is 6.07 Å². The third-order valence-corrected chi connectivity index (χ3v) is 3.41. The summed E-state index contributed by atoms with van der Waals surface area (Å²) in [6.07, 6.45) is 0.143. The topological polar surface area (TPSA) is 70.4 Å². The van der Waals surface area contributed by atoms with Gasteiger partial charge in [0.15, 0.2) is 0 Å². The van der Waals surface area contributed by atoms with Gasteiger partial charge in [0.25, 0.3) is 0 Å².